The van der Waals surface area contributed by atoms with Gasteiger partial charge in [-0.3, -0.25) is 4.90 Å². The Hall–Kier alpha value is -2.44. The van der Waals surface area contributed by atoms with E-state index >= 15 is 0 Å². The average molecular weight is 383 g/mol. The first-order valence-electron chi connectivity index (χ1n) is 9.81. The van der Waals surface area contributed by atoms with Crippen LogP contribution in [0.15, 0.2) is 36.4 Å². The molecule has 5 rings (SSSR count). The van der Waals surface area contributed by atoms with Crippen LogP contribution in [0.3, 0.4) is 0 Å². The van der Waals surface area contributed by atoms with Crippen LogP contribution in [0.25, 0.3) is 0 Å². The maximum atomic E-state index is 6.53. The van der Waals surface area contributed by atoms with E-state index in [-0.39, 0.29) is 24.9 Å². The normalized spacial score (nSPS) is 26.4. The van der Waals surface area contributed by atoms with Gasteiger partial charge < -0.3 is 23.7 Å². The molecule has 3 heterocycles. The van der Waals surface area contributed by atoms with Crippen LogP contribution in [0.1, 0.15) is 24.0 Å². The van der Waals surface area contributed by atoms with Gasteiger partial charge in [0.05, 0.1) is 20.3 Å². The highest BCUT2D eigenvalue weighted by Gasteiger charge is 2.42. The fourth-order valence-electron chi connectivity index (χ4n) is 4.58. The van der Waals surface area contributed by atoms with Crippen LogP contribution in [0.4, 0.5) is 0 Å². The Kier molecular flexibility index (Phi) is 4.53. The molecule has 0 spiro atoms. The van der Waals surface area contributed by atoms with E-state index in [1.165, 1.54) is 5.56 Å². The van der Waals surface area contributed by atoms with E-state index in [2.05, 4.69) is 30.0 Å². The molecule has 3 aliphatic rings. The van der Waals surface area contributed by atoms with Gasteiger partial charge in [-0.05, 0) is 12.1 Å². The lowest BCUT2D eigenvalue weighted by molar-refractivity contribution is -0.0785. The highest BCUT2D eigenvalue weighted by Crippen LogP contribution is 2.51. The topological polar surface area (TPSA) is 49.4 Å². The summed E-state index contributed by atoms with van der Waals surface area (Å²) in [6, 6.07) is 12.3. The van der Waals surface area contributed by atoms with Crippen LogP contribution < -0.4 is 18.9 Å². The molecule has 6 nitrogen and oxygen atoms in total. The van der Waals surface area contributed by atoms with Crippen molar-refractivity contribution in [3.63, 3.8) is 0 Å². The minimum absolute atomic E-state index is 0.0355. The zero-order valence-electron chi connectivity index (χ0n) is 16.2. The third-order valence-electron chi connectivity index (χ3n) is 5.94. The molecule has 0 aromatic heterocycles. The minimum atomic E-state index is -0.0355. The van der Waals surface area contributed by atoms with Crippen molar-refractivity contribution in [2.24, 2.45) is 5.92 Å². The van der Waals surface area contributed by atoms with Crippen molar-refractivity contribution < 1.29 is 23.7 Å². The van der Waals surface area contributed by atoms with Crippen molar-refractivity contribution in [1.82, 2.24) is 4.90 Å². The molecule has 0 N–H and O–H groups in total. The molecule has 6 heteroatoms. The van der Waals surface area contributed by atoms with Crippen LogP contribution in [0.2, 0.25) is 0 Å². The summed E-state index contributed by atoms with van der Waals surface area (Å²) in [6.45, 7) is 5.71. The van der Waals surface area contributed by atoms with E-state index in [1.54, 1.807) is 7.11 Å². The number of ether oxygens (including phenoxy) is 5. The molecule has 1 fully saturated rings. The van der Waals surface area contributed by atoms with Gasteiger partial charge in [0.25, 0.3) is 0 Å². The van der Waals surface area contributed by atoms with Gasteiger partial charge in [0.1, 0.15) is 11.5 Å². The third-order valence-corrected chi connectivity index (χ3v) is 5.94. The number of morpholine rings is 1. The molecule has 0 radical (unpaired) electrons. The second-order valence-electron chi connectivity index (χ2n) is 7.48. The summed E-state index contributed by atoms with van der Waals surface area (Å²) in [6.07, 6.45) is -0.0355. The fraction of sp³-hybridized carbons (Fsp3) is 0.455. The molecular formula is C22H25NO5. The van der Waals surface area contributed by atoms with Gasteiger partial charge in [-0.15, -0.1) is 0 Å². The van der Waals surface area contributed by atoms with E-state index in [9.17, 15) is 0 Å². The molecule has 0 aliphatic carbocycles. The van der Waals surface area contributed by atoms with Crippen LogP contribution >= 0.6 is 0 Å². The first-order chi connectivity index (χ1) is 13.8. The zero-order valence-corrected chi connectivity index (χ0v) is 16.2. The van der Waals surface area contributed by atoms with E-state index in [0.717, 1.165) is 54.9 Å². The quantitative estimate of drug-likeness (QED) is 0.811. The lowest BCUT2D eigenvalue weighted by atomic mass is 9.77. The van der Waals surface area contributed by atoms with Crippen LogP contribution in [0, 0.1) is 5.92 Å². The molecule has 3 atom stereocenters. The summed E-state index contributed by atoms with van der Waals surface area (Å²) in [5.41, 5.74) is 2.28. The van der Waals surface area contributed by atoms with Crippen molar-refractivity contribution in [3.05, 3.63) is 47.5 Å². The summed E-state index contributed by atoms with van der Waals surface area (Å²) in [7, 11) is 1.73. The monoisotopic (exact) mass is 383 g/mol. The summed E-state index contributed by atoms with van der Waals surface area (Å²) in [5, 5.41) is 0. The molecule has 148 valence electrons. The first-order valence-corrected chi connectivity index (χ1v) is 9.81. The SMILES string of the molecule is COc1ccccc1[C@H]1c2cc3c(cc2O[C@H](N2CCOCC2)[C@@H]1C)OCO3. The maximum absolute atomic E-state index is 6.53. The van der Waals surface area contributed by atoms with Gasteiger partial charge in [0.15, 0.2) is 17.7 Å². The Morgan fingerprint density at radius 2 is 1.71 bits per heavy atom. The first kappa shape index (κ1) is 17.6. The van der Waals surface area contributed by atoms with E-state index in [0.29, 0.717) is 0 Å². The molecule has 0 bridgehead atoms. The molecule has 2 aromatic carbocycles. The van der Waals surface area contributed by atoms with Gasteiger partial charge in [-0.2, -0.15) is 0 Å². The van der Waals surface area contributed by atoms with Crippen LogP contribution in [0.5, 0.6) is 23.0 Å². The van der Waals surface area contributed by atoms with Gasteiger partial charge in [-0.25, -0.2) is 0 Å². The lowest BCUT2D eigenvalue weighted by Gasteiger charge is -2.44. The van der Waals surface area contributed by atoms with E-state index in [4.69, 9.17) is 23.7 Å². The van der Waals surface area contributed by atoms with Crippen molar-refractivity contribution in [2.45, 2.75) is 19.1 Å². The third kappa shape index (κ3) is 2.88. The van der Waals surface area contributed by atoms with Gasteiger partial charge in [0, 0.05) is 42.1 Å². The molecule has 0 unspecified atom stereocenters. The predicted octanol–water partition coefficient (Wildman–Crippen LogP) is 3.24. The van der Waals surface area contributed by atoms with Gasteiger partial charge in [0.2, 0.25) is 6.79 Å². The number of methoxy groups -OCH3 is 1. The molecule has 3 aliphatic heterocycles. The predicted molar refractivity (Wildman–Crippen MR) is 103 cm³/mol. The van der Waals surface area contributed by atoms with Crippen LogP contribution in [-0.4, -0.2) is 51.3 Å². The number of hydrogen-bond acceptors (Lipinski definition) is 6. The minimum Gasteiger partial charge on any atom is -0.496 e. The average Bonchev–Trinajstić information content (AvgIpc) is 3.20. The molecule has 0 saturated carbocycles. The summed E-state index contributed by atoms with van der Waals surface area (Å²) < 4.78 is 29.0. The summed E-state index contributed by atoms with van der Waals surface area (Å²) in [4.78, 5) is 2.38. The van der Waals surface area contributed by atoms with E-state index in [1.807, 2.05) is 18.2 Å². The Morgan fingerprint density at radius 3 is 2.50 bits per heavy atom. The zero-order chi connectivity index (χ0) is 19.1. The second kappa shape index (κ2) is 7.18. The fourth-order valence-corrected chi connectivity index (χ4v) is 4.58. The summed E-state index contributed by atoms with van der Waals surface area (Å²) >= 11 is 0. The van der Waals surface area contributed by atoms with Crippen molar-refractivity contribution in [3.8, 4) is 23.0 Å². The highest BCUT2D eigenvalue weighted by molar-refractivity contribution is 5.57. The second-order valence-corrected chi connectivity index (χ2v) is 7.48. The van der Waals surface area contributed by atoms with Crippen molar-refractivity contribution in [1.29, 1.82) is 0 Å². The smallest absolute Gasteiger partial charge is 0.231 e. The lowest BCUT2D eigenvalue weighted by Crippen LogP contribution is -2.52. The number of fused-ring (bicyclic) bond motifs is 2. The Labute approximate surface area is 164 Å². The molecule has 1 saturated heterocycles. The standard InChI is InChI=1S/C22H25NO5/c1-14-21(15-5-3-4-6-17(15)24-2)16-11-19-20(27-13-26-19)12-18(16)28-22(14)23-7-9-25-10-8-23/h3-6,11-12,14,21-22H,7-10,13H2,1-2H3/t14-,21+,22+/m1/s1. The summed E-state index contributed by atoms with van der Waals surface area (Å²) in [5.74, 6) is 3.62. The largest absolute Gasteiger partial charge is 0.496 e. The Balaban J connectivity index is 1.62. The molecule has 28 heavy (non-hydrogen) atoms. The molecule has 0 amide bonds. The van der Waals surface area contributed by atoms with Gasteiger partial charge in [-0.1, -0.05) is 25.1 Å². The maximum Gasteiger partial charge on any atom is 0.231 e. The number of hydrogen-bond donors (Lipinski definition) is 0. The highest BCUT2D eigenvalue weighted by atomic mass is 16.7. The molecule has 2 aromatic rings. The number of rotatable bonds is 3. The number of benzene rings is 2. The van der Waals surface area contributed by atoms with Crippen molar-refractivity contribution in [2.75, 3.05) is 40.2 Å². The van der Waals surface area contributed by atoms with Gasteiger partial charge >= 0.3 is 0 Å². The molecular weight excluding hydrogens is 358 g/mol. The Morgan fingerprint density at radius 1 is 0.964 bits per heavy atom. The van der Waals surface area contributed by atoms with Crippen LogP contribution in [-0.2, 0) is 4.74 Å². The van der Waals surface area contributed by atoms with Crippen molar-refractivity contribution >= 4 is 0 Å². The Bertz CT molecular complexity index is 864. The number of nitrogens with zero attached hydrogens (tertiary/aromatic N) is 1. The number of para-hydroxylation sites is 1. The van der Waals surface area contributed by atoms with E-state index < -0.39 is 0 Å².